The van der Waals surface area contributed by atoms with E-state index in [4.69, 9.17) is 11.6 Å². The van der Waals surface area contributed by atoms with Gasteiger partial charge in [0, 0.05) is 24.5 Å². The van der Waals surface area contributed by atoms with E-state index in [1.165, 1.54) is 19.3 Å². The quantitative estimate of drug-likeness (QED) is 0.793. The van der Waals surface area contributed by atoms with Gasteiger partial charge in [-0.3, -0.25) is 4.79 Å². The maximum absolute atomic E-state index is 12.0. The van der Waals surface area contributed by atoms with E-state index >= 15 is 0 Å². The van der Waals surface area contributed by atoms with E-state index in [0.29, 0.717) is 11.4 Å². The third-order valence-electron chi connectivity index (χ3n) is 3.76. The molecule has 0 atom stereocenters. The van der Waals surface area contributed by atoms with Crippen molar-refractivity contribution in [2.45, 2.75) is 32.1 Å². The van der Waals surface area contributed by atoms with Crippen molar-refractivity contribution in [3.63, 3.8) is 0 Å². The molecule has 1 saturated heterocycles. The molecule has 0 bridgehead atoms. The summed E-state index contributed by atoms with van der Waals surface area (Å²) in [5.41, 5.74) is 1.92. The molecule has 0 aromatic heterocycles. The molecule has 1 fully saturated rings. The number of piperidine rings is 1. The molecule has 0 unspecified atom stereocenters. The second kappa shape index (κ2) is 8.25. The highest BCUT2D eigenvalue weighted by molar-refractivity contribution is 6.31. The molecular formula is C16H24ClN3O. The molecule has 1 aromatic rings. The van der Waals surface area contributed by atoms with Gasteiger partial charge in [0.25, 0.3) is 0 Å². The number of nitrogens with zero attached hydrogens (tertiary/aromatic N) is 1. The number of hydrogen-bond acceptors (Lipinski definition) is 3. The van der Waals surface area contributed by atoms with Gasteiger partial charge in [0.2, 0.25) is 5.91 Å². The van der Waals surface area contributed by atoms with E-state index < -0.39 is 0 Å². The van der Waals surface area contributed by atoms with Gasteiger partial charge in [0.15, 0.2) is 0 Å². The van der Waals surface area contributed by atoms with E-state index in [2.05, 4.69) is 15.5 Å². The fraction of sp³-hybridized carbons (Fsp3) is 0.562. The monoisotopic (exact) mass is 309 g/mol. The first-order chi connectivity index (χ1) is 10.2. The summed E-state index contributed by atoms with van der Waals surface area (Å²) in [4.78, 5) is 14.4. The number of benzene rings is 1. The highest BCUT2D eigenvalue weighted by atomic mass is 35.5. The number of hydrogen-bond donors (Lipinski definition) is 2. The lowest BCUT2D eigenvalue weighted by molar-refractivity contribution is -0.116. The predicted octanol–water partition coefficient (Wildman–Crippen LogP) is 3.27. The van der Waals surface area contributed by atoms with Gasteiger partial charge in [-0.05, 0) is 57.5 Å². The summed E-state index contributed by atoms with van der Waals surface area (Å²) >= 11 is 6.09. The van der Waals surface area contributed by atoms with Gasteiger partial charge >= 0.3 is 0 Å². The summed E-state index contributed by atoms with van der Waals surface area (Å²) in [6, 6.07) is 5.75. The minimum atomic E-state index is 0.0470. The lowest BCUT2D eigenvalue weighted by atomic mass is 10.1. The van der Waals surface area contributed by atoms with Crippen molar-refractivity contribution < 1.29 is 4.79 Å². The largest absolute Gasteiger partial charge is 0.370 e. The Morgan fingerprint density at radius 3 is 2.76 bits per heavy atom. The Morgan fingerprint density at radius 2 is 2.05 bits per heavy atom. The number of anilines is 2. The molecule has 1 aliphatic heterocycles. The molecule has 1 aliphatic rings. The van der Waals surface area contributed by atoms with Crippen LogP contribution in [0.3, 0.4) is 0 Å². The van der Waals surface area contributed by atoms with Crippen LogP contribution in [0.5, 0.6) is 0 Å². The Labute approximate surface area is 131 Å². The topological polar surface area (TPSA) is 44.4 Å². The number of carbonyl (C=O) groups is 1. The maximum Gasteiger partial charge on any atom is 0.224 e. The van der Waals surface area contributed by atoms with E-state index in [-0.39, 0.29) is 5.91 Å². The van der Waals surface area contributed by atoms with Gasteiger partial charge in [-0.15, -0.1) is 0 Å². The zero-order chi connectivity index (χ0) is 15.1. The SMILES string of the molecule is CNCCCC(=O)Nc1cc(Cl)ccc1N1CCCCC1. The van der Waals surface area contributed by atoms with E-state index in [1.807, 2.05) is 25.2 Å². The zero-order valence-corrected chi connectivity index (χ0v) is 13.4. The standard InChI is InChI=1S/C16H24ClN3O/c1-18-9-5-6-16(21)19-14-12-13(17)7-8-15(14)20-10-3-2-4-11-20/h7-8,12,18H,2-6,9-11H2,1H3,(H,19,21). The van der Waals surface area contributed by atoms with Crippen molar-refractivity contribution in [1.29, 1.82) is 0 Å². The van der Waals surface area contributed by atoms with E-state index in [9.17, 15) is 4.79 Å². The number of halogens is 1. The molecule has 0 radical (unpaired) electrons. The average molecular weight is 310 g/mol. The summed E-state index contributed by atoms with van der Waals surface area (Å²) < 4.78 is 0. The number of nitrogens with one attached hydrogen (secondary N) is 2. The van der Waals surface area contributed by atoms with Crippen LogP contribution in [0.4, 0.5) is 11.4 Å². The van der Waals surface area contributed by atoms with Crippen LogP contribution in [0.2, 0.25) is 5.02 Å². The Balaban J connectivity index is 2.05. The normalized spacial score (nSPS) is 15.0. The second-order valence-electron chi connectivity index (χ2n) is 5.46. The summed E-state index contributed by atoms with van der Waals surface area (Å²) in [5, 5.41) is 6.72. The first-order valence-corrected chi connectivity index (χ1v) is 8.07. The second-order valence-corrected chi connectivity index (χ2v) is 5.90. The van der Waals surface area contributed by atoms with Crippen molar-refractivity contribution >= 4 is 28.9 Å². The molecule has 5 heteroatoms. The number of carbonyl (C=O) groups excluding carboxylic acids is 1. The third kappa shape index (κ3) is 4.90. The lowest BCUT2D eigenvalue weighted by Gasteiger charge is -2.30. The van der Waals surface area contributed by atoms with Crippen molar-refractivity contribution in [2.24, 2.45) is 0 Å². The molecule has 2 N–H and O–H groups in total. The Morgan fingerprint density at radius 1 is 1.29 bits per heavy atom. The van der Waals surface area contributed by atoms with Gasteiger partial charge in [-0.2, -0.15) is 0 Å². The minimum absolute atomic E-state index is 0.0470. The molecule has 0 aliphatic carbocycles. The van der Waals surface area contributed by atoms with Crippen LogP contribution in [0.15, 0.2) is 18.2 Å². The Bertz CT molecular complexity index is 473. The van der Waals surface area contributed by atoms with Crippen LogP contribution in [0.25, 0.3) is 0 Å². The minimum Gasteiger partial charge on any atom is -0.370 e. The lowest BCUT2D eigenvalue weighted by Crippen LogP contribution is -2.30. The molecule has 2 rings (SSSR count). The van der Waals surface area contributed by atoms with Crippen molar-refractivity contribution in [3.05, 3.63) is 23.2 Å². The Kier molecular flexibility index (Phi) is 6.33. The van der Waals surface area contributed by atoms with Crippen LogP contribution in [-0.4, -0.2) is 32.6 Å². The zero-order valence-electron chi connectivity index (χ0n) is 12.6. The molecule has 0 saturated carbocycles. The molecule has 116 valence electrons. The number of amides is 1. The van der Waals surface area contributed by atoms with Gasteiger partial charge in [0.05, 0.1) is 11.4 Å². The van der Waals surface area contributed by atoms with Gasteiger partial charge in [-0.1, -0.05) is 11.6 Å². The molecule has 1 amide bonds. The Hall–Kier alpha value is -1.26. The van der Waals surface area contributed by atoms with Gasteiger partial charge in [0.1, 0.15) is 0 Å². The van der Waals surface area contributed by atoms with Crippen LogP contribution >= 0.6 is 11.6 Å². The van der Waals surface area contributed by atoms with Crippen molar-refractivity contribution in [2.75, 3.05) is 36.9 Å². The molecule has 1 heterocycles. The van der Waals surface area contributed by atoms with Crippen molar-refractivity contribution in [1.82, 2.24) is 5.32 Å². The molecule has 21 heavy (non-hydrogen) atoms. The summed E-state index contributed by atoms with van der Waals surface area (Å²) in [6.07, 6.45) is 5.06. The molecule has 0 spiro atoms. The molecular weight excluding hydrogens is 286 g/mol. The summed E-state index contributed by atoms with van der Waals surface area (Å²) in [5.74, 6) is 0.0470. The summed E-state index contributed by atoms with van der Waals surface area (Å²) in [7, 11) is 1.89. The van der Waals surface area contributed by atoms with Crippen LogP contribution in [0, 0.1) is 0 Å². The van der Waals surface area contributed by atoms with Gasteiger partial charge in [-0.25, -0.2) is 0 Å². The molecule has 1 aromatic carbocycles. The number of rotatable bonds is 6. The first kappa shape index (κ1) is 16.1. The van der Waals surface area contributed by atoms with E-state index in [1.54, 1.807) is 0 Å². The van der Waals surface area contributed by atoms with Crippen molar-refractivity contribution in [3.8, 4) is 0 Å². The third-order valence-corrected chi connectivity index (χ3v) is 4.00. The fourth-order valence-electron chi connectivity index (χ4n) is 2.66. The smallest absolute Gasteiger partial charge is 0.224 e. The van der Waals surface area contributed by atoms with Gasteiger partial charge < -0.3 is 15.5 Å². The molecule has 4 nitrogen and oxygen atoms in total. The fourth-order valence-corrected chi connectivity index (χ4v) is 2.83. The highest BCUT2D eigenvalue weighted by Crippen LogP contribution is 2.31. The first-order valence-electron chi connectivity index (χ1n) is 7.69. The average Bonchev–Trinajstić information content (AvgIpc) is 2.48. The highest BCUT2D eigenvalue weighted by Gasteiger charge is 2.16. The van der Waals surface area contributed by atoms with Crippen LogP contribution in [0.1, 0.15) is 32.1 Å². The maximum atomic E-state index is 12.0. The van der Waals surface area contributed by atoms with E-state index in [0.717, 1.165) is 37.4 Å². The van der Waals surface area contributed by atoms with Crippen LogP contribution in [-0.2, 0) is 4.79 Å². The van der Waals surface area contributed by atoms with Crippen LogP contribution < -0.4 is 15.5 Å². The summed E-state index contributed by atoms with van der Waals surface area (Å²) in [6.45, 7) is 2.94. The predicted molar refractivity (Wildman–Crippen MR) is 89.3 cm³/mol.